The lowest BCUT2D eigenvalue weighted by molar-refractivity contribution is -0.122. The van der Waals surface area contributed by atoms with Gasteiger partial charge in [-0.1, -0.05) is 29.8 Å². The van der Waals surface area contributed by atoms with E-state index in [4.69, 9.17) is 11.6 Å². The Balaban J connectivity index is 2.01. The molecule has 2 rings (SSSR count). The van der Waals surface area contributed by atoms with E-state index in [2.05, 4.69) is 10.6 Å². The summed E-state index contributed by atoms with van der Waals surface area (Å²) in [7, 11) is 0. The van der Waals surface area contributed by atoms with Crippen LogP contribution in [0.1, 0.15) is 29.8 Å². The average Bonchev–Trinajstić information content (AvgIpc) is 2.56. The van der Waals surface area contributed by atoms with Crippen molar-refractivity contribution in [2.24, 2.45) is 0 Å². The minimum absolute atomic E-state index is 0.0299. The Kier molecular flexibility index (Phi) is 6.34. The first-order valence-electron chi connectivity index (χ1n) is 7.98. The smallest absolute Gasteiger partial charge is 0.260 e. The molecule has 0 aliphatic heterocycles. The van der Waals surface area contributed by atoms with Crippen molar-refractivity contribution in [3.05, 3.63) is 64.4 Å². The zero-order chi connectivity index (χ0) is 19.3. The van der Waals surface area contributed by atoms with Crippen LogP contribution in [0.2, 0.25) is 5.02 Å². The maximum Gasteiger partial charge on any atom is 0.260 e. The Hall–Kier alpha value is -2.44. The predicted octanol–water partition coefficient (Wildman–Crippen LogP) is 3.16. The maximum atomic E-state index is 13.8. The lowest BCUT2D eigenvalue weighted by Crippen LogP contribution is -2.46. The third-order valence-corrected chi connectivity index (χ3v) is 3.95. The van der Waals surface area contributed by atoms with E-state index in [1.807, 2.05) is 0 Å². The molecule has 3 N–H and O–H groups in total. The molecule has 0 unspecified atom stereocenters. The highest BCUT2D eigenvalue weighted by Gasteiger charge is 2.19. The van der Waals surface area contributed by atoms with Crippen LogP contribution < -0.4 is 10.6 Å². The number of rotatable bonds is 6. The molecule has 7 heteroatoms. The molecule has 5 nitrogen and oxygen atoms in total. The molecule has 2 aromatic rings. The maximum absolute atomic E-state index is 13.8. The predicted molar refractivity (Wildman–Crippen MR) is 98.8 cm³/mol. The van der Waals surface area contributed by atoms with Crippen molar-refractivity contribution in [1.82, 2.24) is 5.32 Å². The van der Waals surface area contributed by atoms with Crippen LogP contribution in [0.3, 0.4) is 0 Å². The summed E-state index contributed by atoms with van der Waals surface area (Å²) in [6.45, 7) is 3.27. The van der Waals surface area contributed by atoms with Gasteiger partial charge in [0.15, 0.2) is 0 Å². The SMILES string of the molecule is CC(C)(CO)NC(=O)Cc1ccc(NC(=O)c2c(F)cccc2Cl)cc1. The largest absolute Gasteiger partial charge is 0.394 e. The number of benzene rings is 2. The standard InChI is InChI=1S/C19H20ClFN2O3/c1-19(2,11-24)23-16(25)10-12-6-8-13(9-7-12)22-18(26)17-14(20)4-3-5-15(17)21/h3-9,24H,10-11H2,1-2H3,(H,22,26)(H,23,25). The van der Waals surface area contributed by atoms with Crippen molar-refractivity contribution in [3.63, 3.8) is 0 Å². The summed E-state index contributed by atoms with van der Waals surface area (Å²) in [6, 6.07) is 10.6. The van der Waals surface area contributed by atoms with Gasteiger partial charge in [0.05, 0.1) is 29.2 Å². The zero-order valence-electron chi connectivity index (χ0n) is 14.5. The van der Waals surface area contributed by atoms with Crippen molar-refractivity contribution in [2.45, 2.75) is 25.8 Å². The zero-order valence-corrected chi connectivity index (χ0v) is 15.2. The molecule has 0 atom stereocenters. The summed E-state index contributed by atoms with van der Waals surface area (Å²) in [5.74, 6) is -1.57. The normalized spacial score (nSPS) is 11.1. The molecule has 0 aliphatic carbocycles. The topological polar surface area (TPSA) is 78.4 Å². The Morgan fingerprint density at radius 3 is 2.38 bits per heavy atom. The van der Waals surface area contributed by atoms with Gasteiger partial charge in [-0.2, -0.15) is 0 Å². The van der Waals surface area contributed by atoms with E-state index in [1.54, 1.807) is 38.1 Å². The van der Waals surface area contributed by atoms with Crippen LogP contribution >= 0.6 is 11.6 Å². The first-order valence-corrected chi connectivity index (χ1v) is 8.36. The van der Waals surface area contributed by atoms with E-state index >= 15 is 0 Å². The van der Waals surface area contributed by atoms with Gasteiger partial charge >= 0.3 is 0 Å². The Morgan fingerprint density at radius 1 is 1.15 bits per heavy atom. The first-order chi connectivity index (χ1) is 12.2. The van der Waals surface area contributed by atoms with Gasteiger partial charge in [0.1, 0.15) is 5.82 Å². The summed E-state index contributed by atoms with van der Waals surface area (Å²) in [5, 5.41) is 14.5. The van der Waals surface area contributed by atoms with E-state index in [1.165, 1.54) is 12.1 Å². The summed E-state index contributed by atoms with van der Waals surface area (Å²) in [5.41, 5.74) is 0.278. The summed E-state index contributed by atoms with van der Waals surface area (Å²) in [6.07, 6.45) is 0.136. The van der Waals surface area contributed by atoms with Crippen LogP contribution in [0.25, 0.3) is 0 Å². The third kappa shape index (κ3) is 5.28. The van der Waals surface area contributed by atoms with E-state index in [0.29, 0.717) is 5.69 Å². The molecule has 0 aromatic heterocycles. The summed E-state index contributed by atoms with van der Waals surface area (Å²) >= 11 is 5.87. The molecule has 0 saturated heterocycles. The van der Waals surface area contributed by atoms with Gasteiger partial charge in [-0.25, -0.2) is 4.39 Å². The molecule has 0 aliphatic rings. The molecule has 0 fully saturated rings. The first kappa shape index (κ1) is 19.9. The van der Waals surface area contributed by atoms with Gasteiger partial charge in [-0.15, -0.1) is 0 Å². The lowest BCUT2D eigenvalue weighted by atomic mass is 10.1. The second-order valence-electron chi connectivity index (χ2n) is 6.51. The molecule has 0 radical (unpaired) electrons. The number of carbonyl (C=O) groups is 2. The molecule has 0 heterocycles. The van der Waals surface area contributed by atoms with Crippen LogP contribution in [0.4, 0.5) is 10.1 Å². The molecular formula is C19H20ClFN2O3. The van der Waals surface area contributed by atoms with Crippen molar-refractivity contribution in [2.75, 3.05) is 11.9 Å². The fraction of sp³-hybridized carbons (Fsp3) is 0.263. The second-order valence-corrected chi connectivity index (χ2v) is 6.92. The van der Waals surface area contributed by atoms with Crippen LogP contribution in [-0.2, 0) is 11.2 Å². The van der Waals surface area contributed by atoms with Crippen molar-refractivity contribution >= 4 is 29.1 Å². The number of hydrogen-bond donors (Lipinski definition) is 3. The fourth-order valence-corrected chi connectivity index (χ4v) is 2.51. The summed E-state index contributed by atoms with van der Waals surface area (Å²) in [4.78, 5) is 24.1. The quantitative estimate of drug-likeness (QED) is 0.722. The highest BCUT2D eigenvalue weighted by atomic mass is 35.5. The number of anilines is 1. The molecule has 138 valence electrons. The van der Waals surface area contributed by atoms with Crippen molar-refractivity contribution < 1.29 is 19.1 Å². The fourth-order valence-electron chi connectivity index (χ4n) is 2.26. The monoisotopic (exact) mass is 378 g/mol. The number of carbonyl (C=O) groups excluding carboxylic acids is 2. The molecule has 0 spiro atoms. The Bertz CT molecular complexity index is 787. The van der Waals surface area contributed by atoms with Crippen molar-refractivity contribution in [3.8, 4) is 0 Å². The third-order valence-electron chi connectivity index (χ3n) is 3.64. The highest BCUT2D eigenvalue weighted by Crippen LogP contribution is 2.21. The van der Waals surface area contributed by atoms with Gasteiger partial charge in [0.2, 0.25) is 5.91 Å². The molecule has 2 amide bonds. The number of hydrogen-bond acceptors (Lipinski definition) is 3. The van der Waals surface area contributed by atoms with E-state index in [0.717, 1.165) is 11.6 Å². The van der Waals surface area contributed by atoms with Crippen LogP contribution in [0.5, 0.6) is 0 Å². The average molecular weight is 379 g/mol. The minimum Gasteiger partial charge on any atom is -0.394 e. The molecule has 26 heavy (non-hydrogen) atoms. The number of aliphatic hydroxyl groups excluding tert-OH is 1. The molecule has 0 bridgehead atoms. The van der Waals surface area contributed by atoms with Crippen LogP contribution in [-0.4, -0.2) is 29.1 Å². The van der Waals surface area contributed by atoms with Gasteiger partial charge < -0.3 is 15.7 Å². The number of halogens is 2. The molecule has 0 saturated carbocycles. The highest BCUT2D eigenvalue weighted by molar-refractivity contribution is 6.34. The van der Waals surface area contributed by atoms with Crippen LogP contribution in [0, 0.1) is 5.82 Å². The van der Waals surface area contributed by atoms with Gasteiger partial charge in [-0.05, 0) is 43.7 Å². The Morgan fingerprint density at radius 2 is 1.81 bits per heavy atom. The lowest BCUT2D eigenvalue weighted by Gasteiger charge is -2.23. The van der Waals surface area contributed by atoms with E-state index in [-0.39, 0.29) is 29.5 Å². The van der Waals surface area contributed by atoms with E-state index < -0.39 is 17.3 Å². The minimum atomic E-state index is -0.699. The Labute approximate surface area is 156 Å². The summed E-state index contributed by atoms with van der Waals surface area (Å²) < 4.78 is 13.8. The van der Waals surface area contributed by atoms with Gasteiger partial charge in [-0.3, -0.25) is 9.59 Å². The number of nitrogens with one attached hydrogen (secondary N) is 2. The number of amides is 2. The molecular weight excluding hydrogens is 359 g/mol. The number of aliphatic hydroxyl groups is 1. The van der Waals surface area contributed by atoms with Crippen LogP contribution in [0.15, 0.2) is 42.5 Å². The van der Waals surface area contributed by atoms with Gasteiger partial charge in [0.25, 0.3) is 5.91 Å². The van der Waals surface area contributed by atoms with Gasteiger partial charge in [0, 0.05) is 5.69 Å². The molecule has 2 aromatic carbocycles. The second kappa shape index (κ2) is 8.29. The van der Waals surface area contributed by atoms with E-state index in [9.17, 15) is 19.1 Å². The van der Waals surface area contributed by atoms with Crippen molar-refractivity contribution in [1.29, 1.82) is 0 Å².